The van der Waals surface area contributed by atoms with E-state index in [-0.39, 0.29) is 17.7 Å². The van der Waals surface area contributed by atoms with Crippen LogP contribution in [0.1, 0.15) is 35.3 Å². The molecule has 1 aliphatic rings. The van der Waals surface area contributed by atoms with Gasteiger partial charge in [0, 0.05) is 16.8 Å². The molecule has 0 bridgehead atoms. The lowest BCUT2D eigenvalue weighted by Crippen LogP contribution is -3.29. The Labute approximate surface area is 167 Å². The molecule has 1 saturated heterocycles. The van der Waals surface area contributed by atoms with Gasteiger partial charge in [0.25, 0.3) is 5.91 Å². The molecule has 148 valence electrons. The van der Waals surface area contributed by atoms with Crippen LogP contribution < -0.4 is 15.1 Å². The van der Waals surface area contributed by atoms with E-state index < -0.39 is 0 Å². The molecule has 0 saturated carbocycles. The molecule has 1 heterocycles. The summed E-state index contributed by atoms with van der Waals surface area (Å²) >= 11 is 0. The van der Waals surface area contributed by atoms with Crippen molar-refractivity contribution in [3.63, 3.8) is 0 Å². The van der Waals surface area contributed by atoms with Gasteiger partial charge in [0.15, 0.2) is 11.8 Å². The van der Waals surface area contributed by atoms with E-state index in [0.717, 1.165) is 38.4 Å². The van der Waals surface area contributed by atoms with E-state index in [4.69, 9.17) is 0 Å². The number of carbonyl (C=O) groups is 2. The van der Waals surface area contributed by atoms with Gasteiger partial charge in [-0.1, -0.05) is 24.3 Å². The first-order valence-corrected chi connectivity index (χ1v) is 10.1. The lowest BCUT2D eigenvalue weighted by Gasteiger charge is -2.32. The molecule has 2 aromatic carbocycles. The highest BCUT2D eigenvalue weighted by atomic mass is 16.2. The maximum atomic E-state index is 12.6. The van der Waals surface area contributed by atoms with Crippen LogP contribution in [0.25, 0.3) is 0 Å². The number of Topliss-reactive ketones (excluding diaryl/α,β-unsaturated/α-hetero) is 1. The summed E-state index contributed by atoms with van der Waals surface area (Å²) in [6.45, 7) is 10.9. The molecule has 0 spiro atoms. The first-order chi connectivity index (χ1) is 13.4. The van der Waals surface area contributed by atoms with Crippen LogP contribution in [0.15, 0.2) is 48.5 Å². The Bertz CT molecular complexity index is 824. The standard InChI is InChI=1S/C23H29N3O2/c1-17-6-4-5-7-21(17)16-25-12-14-26(15-13-25)18(2)23(28)24-22-10-8-20(9-11-22)19(3)27/h4-11,18H,12-16H2,1-3H3,(H,24,28)/p+2/t18-/m0/s1. The van der Waals surface area contributed by atoms with Crippen LogP contribution in [0, 0.1) is 6.92 Å². The van der Waals surface area contributed by atoms with Crippen molar-refractivity contribution in [2.24, 2.45) is 0 Å². The van der Waals surface area contributed by atoms with Crippen molar-refractivity contribution in [1.29, 1.82) is 0 Å². The topological polar surface area (TPSA) is 55.0 Å². The quantitative estimate of drug-likeness (QED) is 0.639. The van der Waals surface area contributed by atoms with Crippen LogP contribution in [-0.2, 0) is 11.3 Å². The van der Waals surface area contributed by atoms with Gasteiger partial charge in [-0.2, -0.15) is 0 Å². The first kappa shape index (κ1) is 20.2. The van der Waals surface area contributed by atoms with E-state index >= 15 is 0 Å². The molecule has 0 unspecified atom stereocenters. The number of nitrogens with one attached hydrogen (secondary N) is 3. The van der Waals surface area contributed by atoms with Crippen molar-refractivity contribution in [1.82, 2.24) is 0 Å². The molecular formula is C23H31N3O2+2. The van der Waals surface area contributed by atoms with Crippen molar-refractivity contribution in [3.8, 4) is 0 Å². The number of carbonyl (C=O) groups excluding carboxylic acids is 2. The lowest BCUT2D eigenvalue weighted by atomic mass is 10.1. The minimum atomic E-state index is -0.0903. The van der Waals surface area contributed by atoms with Gasteiger partial charge in [-0.3, -0.25) is 9.59 Å². The van der Waals surface area contributed by atoms with Crippen molar-refractivity contribution in [3.05, 3.63) is 65.2 Å². The fourth-order valence-electron chi connectivity index (χ4n) is 3.84. The zero-order valence-electron chi connectivity index (χ0n) is 17.0. The Hall–Kier alpha value is -2.50. The van der Waals surface area contributed by atoms with Crippen LogP contribution >= 0.6 is 0 Å². The van der Waals surface area contributed by atoms with E-state index in [1.54, 1.807) is 36.1 Å². The van der Waals surface area contributed by atoms with Gasteiger partial charge in [0.2, 0.25) is 0 Å². The van der Waals surface area contributed by atoms with Gasteiger partial charge in [-0.05, 0) is 50.6 Å². The summed E-state index contributed by atoms with van der Waals surface area (Å²) in [5, 5.41) is 2.99. The minimum absolute atomic E-state index is 0.0294. The van der Waals surface area contributed by atoms with Crippen molar-refractivity contribution < 1.29 is 19.4 Å². The number of aryl methyl sites for hydroxylation is 1. The van der Waals surface area contributed by atoms with Crippen LogP contribution in [0.2, 0.25) is 0 Å². The largest absolute Gasteiger partial charge is 0.322 e. The molecule has 0 aromatic heterocycles. The number of piperazine rings is 1. The van der Waals surface area contributed by atoms with E-state index in [1.807, 2.05) is 6.92 Å². The average molecular weight is 382 g/mol. The van der Waals surface area contributed by atoms with E-state index in [1.165, 1.54) is 16.0 Å². The Balaban J connectivity index is 1.50. The molecule has 1 atom stereocenters. The predicted molar refractivity (Wildman–Crippen MR) is 111 cm³/mol. The second-order valence-electron chi connectivity index (χ2n) is 7.86. The number of ketones is 1. The Morgan fingerprint density at radius 1 is 1.00 bits per heavy atom. The van der Waals surface area contributed by atoms with Crippen molar-refractivity contribution in [2.75, 3.05) is 31.5 Å². The molecule has 0 aliphatic carbocycles. The number of amides is 1. The Morgan fingerprint density at radius 2 is 1.64 bits per heavy atom. The maximum Gasteiger partial charge on any atom is 0.282 e. The lowest BCUT2D eigenvalue weighted by molar-refractivity contribution is -1.02. The summed E-state index contributed by atoms with van der Waals surface area (Å²) < 4.78 is 0. The summed E-state index contributed by atoms with van der Waals surface area (Å²) in [5.74, 6) is 0.0645. The third kappa shape index (κ3) is 5.06. The maximum absolute atomic E-state index is 12.6. The van der Waals surface area contributed by atoms with Crippen molar-refractivity contribution >= 4 is 17.4 Å². The second-order valence-corrected chi connectivity index (χ2v) is 7.86. The van der Waals surface area contributed by atoms with Crippen LogP contribution in [0.4, 0.5) is 5.69 Å². The average Bonchev–Trinajstić information content (AvgIpc) is 2.70. The fraction of sp³-hybridized carbons (Fsp3) is 0.391. The van der Waals surface area contributed by atoms with Crippen LogP contribution in [-0.4, -0.2) is 43.9 Å². The first-order valence-electron chi connectivity index (χ1n) is 10.1. The summed E-state index contributed by atoms with van der Waals surface area (Å²) in [4.78, 5) is 26.9. The third-order valence-corrected chi connectivity index (χ3v) is 5.87. The molecular weight excluding hydrogens is 350 g/mol. The Morgan fingerprint density at radius 3 is 2.25 bits per heavy atom. The highest BCUT2D eigenvalue weighted by Gasteiger charge is 2.31. The normalized spacial score (nSPS) is 20.4. The summed E-state index contributed by atoms with van der Waals surface area (Å²) in [6.07, 6.45) is 0. The molecule has 1 fully saturated rings. The van der Waals surface area contributed by atoms with Crippen LogP contribution in [0.5, 0.6) is 0 Å². The molecule has 1 amide bonds. The summed E-state index contributed by atoms with van der Waals surface area (Å²) in [5.41, 5.74) is 4.17. The Kier molecular flexibility index (Phi) is 6.60. The van der Waals surface area contributed by atoms with Gasteiger partial charge in [0.05, 0.1) is 0 Å². The zero-order valence-corrected chi connectivity index (χ0v) is 17.0. The highest BCUT2D eigenvalue weighted by molar-refractivity contribution is 5.96. The third-order valence-electron chi connectivity index (χ3n) is 5.87. The number of benzene rings is 2. The number of hydrogen-bond donors (Lipinski definition) is 3. The summed E-state index contributed by atoms with van der Waals surface area (Å²) in [6, 6.07) is 15.6. The molecule has 5 heteroatoms. The van der Waals surface area contributed by atoms with E-state index in [2.05, 4.69) is 36.5 Å². The van der Waals surface area contributed by atoms with Gasteiger partial charge in [0.1, 0.15) is 32.7 Å². The van der Waals surface area contributed by atoms with Gasteiger partial charge >= 0.3 is 0 Å². The van der Waals surface area contributed by atoms with Crippen molar-refractivity contribution in [2.45, 2.75) is 33.4 Å². The highest BCUT2D eigenvalue weighted by Crippen LogP contribution is 2.10. The smallest absolute Gasteiger partial charge is 0.282 e. The predicted octanol–water partition coefficient (Wildman–Crippen LogP) is 0.508. The number of quaternary nitrogens is 2. The number of rotatable bonds is 6. The fourth-order valence-corrected chi connectivity index (χ4v) is 3.84. The van der Waals surface area contributed by atoms with E-state index in [9.17, 15) is 9.59 Å². The molecule has 3 N–H and O–H groups in total. The van der Waals surface area contributed by atoms with Gasteiger partial charge in [-0.15, -0.1) is 0 Å². The molecule has 5 nitrogen and oxygen atoms in total. The second kappa shape index (κ2) is 9.13. The van der Waals surface area contributed by atoms with Crippen LogP contribution in [0.3, 0.4) is 0 Å². The molecule has 3 rings (SSSR count). The minimum Gasteiger partial charge on any atom is -0.322 e. The monoisotopic (exact) mass is 381 g/mol. The van der Waals surface area contributed by atoms with Gasteiger partial charge < -0.3 is 15.1 Å². The van der Waals surface area contributed by atoms with E-state index in [0.29, 0.717) is 5.56 Å². The number of anilines is 1. The molecule has 28 heavy (non-hydrogen) atoms. The van der Waals surface area contributed by atoms with Gasteiger partial charge in [-0.25, -0.2) is 0 Å². The molecule has 1 aliphatic heterocycles. The summed E-state index contributed by atoms with van der Waals surface area (Å²) in [7, 11) is 0. The zero-order chi connectivity index (χ0) is 20.1. The number of hydrogen-bond acceptors (Lipinski definition) is 2. The SMILES string of the molecule is CC(=O)c1ccc(NC(=O)[C@H](C)[NH+]2CC[NH+](Cc3ccccc3C)CC2)cc1. The molecule has 2 aromatic rings. The molecule has 0 radical (unpaired) electrons.